The Hall–Kier alpha value is -0.910. The molecule has 0 fully saturated rings. The highest BCUT2D eigenvalue weighted by atomic mass is 32.2. The maximum atomic E-state index is 10.4. The lowest BCUT2D eigenvalue weighted by molar-refractivity contribution is 0.162. The van der Waals surface area contributed by atoms with Crippen LogP contribution in [-0.4, -0.2) is 26.2 Å². The van der Waals surface area contributed by atoms with Crippen molar-refractivity contribution in [3.8, 4) is 0 Å². The van der Waals surface area contributed by atoms with Crippen molar-refractivity contribution in [2.24, 2.45) is 0 Å². The van der Waals surface area contributed by atoms with Gasteiger partial charge < -0.3 is 4.74 Å². The quantitative estimate of drug-likeness (QED) is 0.809. The first-order valence-electron chi connectivity index (χ1n) is 4.62. The first-order chi connectivity index (χ1) is 7.02. The molecule has 0 bridgehead atoms. The molecule has 0 saturated heterocycles. The molecule has 0 aliphatic heterocycles. The number of hydrogen-bond acceptors (Lipinski definition) is 3. The largest absolute Gasteiger partial charge is 0.382 e. The van der Waals surface area contributed by atoms with Crippen molar-refractivity contribution in [2.75, 3.05) is 13.2 Å². The molecular weight excluding hydrogens is 216 g/mol. The Bertz CT molecular complexity index is 343. The van der Waals surface area contributed by atoms with Crippen molar-refractivity contribution >= 4 is 10.1 Å². The van der Waals surface area contributed by atoms with Crippen molar-refractivity contribution in [1.29, 1.82) is 0 Å². The molecule has 1 N–H and O–H groups in total. The van der Waals surface area contributed by atoms with Crippen LogP contribution in [0.1, 0.15) is 13.8 Å². The summed E-state index contributed by atoms with van der Waals surface area (Å²) in [7, 11) is -4.00. The van der Waals surface area contributed by atoms with E-state index in [1.807, 2.05) is 13.8 Å². The highest BCUT2D eigenvalue weighted by Crippen LogP contribution is 2.05. The van der Waals surface area contributed by atoms with Crippen molar-refractivity contribution in [3.63, 3.8) is 0 Å². The van der Waals surface area contributed by atoms with Gasteiger partial charge in [0.2, 0.25) is 0 Å². The van der Waals surface area contributed by atoms with Gasteiger partial charge in [-0.2, -0.15) is 8.42 Å². The maximum Gasteiger partial charge on any atom is 0.294 e. The predicted molar refractivity (Wildman–Crippen MR) is 58.4 cm³/mol. The minimum Gasteiger partial charge on any atom is -0.382 e. The molecule has 0 unspecified atom stereocenters. The normalized spacial score (nSPS) is 10.3. The summed E-state index contributed by atoms with van der Waals surface area (Å²) in [5, 5.41) is 0. The lowest BCUT2D eigenvalue weighted by Gasteiger charge is -1.92. The molecule has 86 valence electrons. The van der Waals surface area contributed by atoms with Gasteiger partial charge in [0.1, 0.15) is 0 Å². The van der Waals surface area contributed by atoms with E-state index in [9.17, 15) is 8.42 Å². The topological polar surface area (TPSA) is 63.6 Å². The maximum absolute atomic E-state index is 10.4. The van der Waals surface area contributed by atoms with Crippen LogP contribution in [-0.2, 0) is 14.9 Å². The highest BCUT2D eigenvalue weighted by molar-refractivity contribution is 7.85. The third kappa shape index (κ3) is 7.07. The van der Waals surface area contributed by atoms with Crippen LogP contribution >= 0.6 is 0 Å². The van der Waals surface area contributed by atoms with Crippen LogP contribution < -0.4 is 0 Å². The molecule has 0 aliphatic rings. The molecule has 1 aromatic carbocycles. The average Bonchev–Trinajstić information content (AvgIpc) is 2.20. The molecule has 0 aliphatic carbocycles. The Morgan fingerprint density at radius 1 is 1.13 bits per heavy atom. The molecule has 0 spiro atoms. The van der Waals surface area contributed by atoms with Gasteiger partial charge in [-0.05, 0) is 26.0 Å². The van der Waals surface area contributed by atoms with E-state index in [1.165, 1.54) is 12.1 Å². The fourth-order valence-corrected chi connectivity index (χ4v) is 1.30. The van der Waals surface area contributed by atoms with E-state index in [0.717, 1.165) is 13.2 Å². The number of benzene rings is 1. The van der Waals surface area contributed by atoms with Crippen LogP contribution in [0.25, 0.3) is 0 Å². The lowest BCUT2D eigenvalue weighted by atomic mass is 10.4. The fourth-order valence-electron chi connectivity index (χ4n) is 0.797. The molecule has 5 heteroatoms. The second-order valence-corrected chi connectivity index (χ2v) is 3.99. The molecular formula is C10H16O4S. The van der Waals surface area contributed by atoms with Crippen LogP contribution in [0, 0.1) is 0 Å². The summed E-state index contributed by atoms with van der Waals surface area (Å²) in [6.45, 7) is 5.67. The molecule has 0 atom stereocenters. The van der Waals surface area contributed by atoms with Gasteiger partial charge in [-0.3, -0.25) is 4.55 Å². The van der Waals surface area contributed by atoms with E-state index in [4.69, 9.17) is 9.29 Å². The summed E-state index contributed by atoms with van der Waals surface area (Å²) < 4.78 is 34.1. The third-order valence-electron chi connectivity index (χ3n) is 1.45. The van der Waals surface area contributed by atoms with Gasteiger partial charge in [0.25, 0.3) is 10.1 Å². The third-order valence-corrected chi connectivity index (χ3v) is 2.32. The van der Waals surface area contributed by atoms with Crippen LogP contribution in [0.3, 0.4) is 0 Å². The van der Waals surface area contributed by atoms with Gasteiger partial charge in [-0.15, -0.1) is 0 Å². The number of ether oxygens (including phenoxy) is 1. The summed E-state index contributed by atoms with van der Waals surface area (Å²) in [4.78, 5) is -0.0741. The second-order valence-electron chi connectivity index (χ2n) is 2.57. The van der Waals surface area contributed by atoms with Crippen LogP contribution in [0.5, 0.6) is 0 Å². The molecule has 15 heavy (non-hydrogen) atoms. The lowest BCUT2D eigenvalue weighted by Crippen LogP contribution is -1.96. The summed E-state index contributed by atoms with van der Waals surface area (Å²) in [6, 6.07) is 7.42. The number of rotatable bonds is 3. The zero-order chi connectivity index (χ0) is 11.7. The highest BCUT2D eigenvalue weighted by Gasteiger charge is 2.05. The van der Waals surface area contributed by atoms with Gasteiger partial charge in [0, 0.05) is 13.2 Å². The monoisotopic (exact) mass is 232 g/mol. The average molecular weight is 232 g/mol. The van der Waals surface area contributed by atoms with Gasteiger partial charge in [0.15, 0.2) is 0 Å². The Kier molecular flexibility index (Phi) is 6.94. The van der Waals surface area contributed by atoms with E-state index in [2.05, 4.69) is 0 Å². The van der Waals surface area contributed by atoms with Crippen molar-refractivity contribution in [3.05, 3.63) is 30.3 Å². The minimum atomic E-state index is -4.00. The zero-order valence-electron chi connectivity index (χ0n) is 8.88. The second kappa shape index (κ2) is 7.39. The van der Waals surface area contributed by atoms with Gasteiger partial charge in [0.05, 0.1) is 4.90 Å². The Balaban J connectivity index is 0.000000336. The Morgan fingerprint density at radius 3 is 1.80 bits per heavy atom. The SMILES string of the molecule is CCOCC.O=S(=O)(O)c1ccccc1. The van der Waals surface area contributed by atoms with E-state index >= 15 is 0 Å². The summed E-state index contributed by atoms with van der Waals surface area (Å²) in [6.07, 6.45) is 0. The molecule has 1 aromatic rings. The molecule has 0 heterocycles. The summed E-state index contributed by atoms with van der Waals surface area (Å²) >= 11 is 0. The Labute approximate surface area is 90.6 Å². The first-order valence-corrected chi connectivity index (χ1v) is 6.06. The summed E-state index contributed by atoms with van der Waals surface area (Å²) in [5.74, 6) is 0. The standard InChI is InChI=1S/C6H6O3S.C4H10O/c7-10(8,9)6-4-2-1-3-5-6;1-3-5-4-2/h1-5H,(H,7,8,9);3-4H2,1-2H3. The van der Waals surface area contributed by atoms with Crippen molar-refractivity contribution in [1.82, 2.24) is 0 Å². The smallest absolute Gasteiger partial charge is 0.294 e. The van der Waals surface area contributed by atoms with E-state index in [0.29, 0.717) is 0 Å². The van der Waals surface area contributed by atoms with Crippen molar-refractivity contribution < 1.29 is 17.7 Å². The molecule has 1 rings (SSSR count). The molecule has 0 aromatic heterocycles. The molecule has 4 nitrogen and oxygen atoms in total. The fraction of sp³-hybridized carbons (Fsp3) is 0.400. The summed E-state index contributed by atoms with van der Waals surface area (Å²) in [5.41, 5.74) is 0. The first kappa shape index (κ1) is 14.1. The van der Waals surface area contributed by atoms with Gasteiger partial charge in [-0.25, -0.2) is 0 Å². The van der Waals surface area contributed by atoms with Gasteiger partial charge >= 0.3 is 0 Å². The number of hydrogen-bond donors (Lipinski definition) is 1. The Morgan fingerprint density at radius 2 is 1.60 bits per heavy atom. The van der Waals surface area contributed by atoms with E-state index in [-0.39, 0.29) is 4.90 Å². The molecule has 0 saturated carbocycles. The molecule has 0 radical (unpaired) electrons. The van der Waals surface area contributed by atoms with Gasteiger partial charge in [-0.1, -0.05) is 18.2 Å². The minimum absolute atomic E-state index is 0.0741. The van der Waals surface area contributed by atoms with Crippen LogP contribution in [0.15, 0.2) is 35.2 Å². The van der Waals surface area contributed by atoms with Crippen LogP contribution in [0.4, 0.5) is 0 Å². The molecule has 0 amide bonds. The van der Waals surface area contributed by atoms with E-state index in [1.54, 1.807) is 18.2 Å². The van der Waals surface area contributed by atoms with E-state index < -0.39 is 10.1 Å². The predicted octanol–water partition coefficient (Wildman–Crippen LogP) is 1.98. The van der Waals surface area contributed by atoms with Crippen LogP contribution in [0.2, 0.25) is 0 Å². The van der Waals surface area contributed by atoms with Crippen molar-refractivity contribution in [2.45, 2.75) is 18.7 Å². The zero-order valence-corrected chi connectivity index (χ0v) is 9.70.